The number of aliphatic hydroxyl groups is 1. The fourth-order valence-electron chi connectivity index (χ4n) is 1.98. The van der Waals surface area contributed by atoms with Crippen LogP contribution in [0.2, 0.25) is 0 Å². The second kappa shape index (κ2) is 7.34. The van der Waals surface area contributed by atoms with Gasteiger partial charge in [0.25, 0.3) is 0 Å². The lowest BCUT2D eigenvalue weighted by atomic mass is 10.2. The first-order valence-corrected chi connectivity index (χ1v) is 5.76. The Morgan fingerprint density at radius 2 is 1.54 bits per heavy atom. The van der Waals surface area contributed by atoms with Crippen molar-refractivity contribution in [2.45, 2.75) is 44.9 Å². The molecule has 1 fully saturated rings. The van der Waals surface area contributed by atoms with E-state index in [1.54, 1.807) is 0 Å². The van der Waals surface area contributed by atoms with Gasteiger partial charge in [-0.25, -0.2) is 0 Å². The molecule has 0 atom stereocenters. The molecule has 1 heterocycles. The molecule has 0 aromatic heterocycles. The van der Waals surface area contributed by atoms with Crippen LogP contribution in [-0.2, 0) is 0 Å². The molecule has 0 saturated carbocycles. The first kappa shape index (κ1) is 11.0. The third-order valence-corrected chi connectivity index (χ3v) is 2.83. The summed E-state index contributed by atoms with van der Waals surface area (Å²) in [7, 11) is 0. The second-order valence-electron chi connectivity index (χ2n) is 4.04. The monoisotopic (exact) mass is 185 g/mol. The number of nitrogens with zero attached hydrogens (tertiary/aromatic N) is 1. The van der Waals surface area contributed by atoms with Gasteiger partial charge >= 0.3 is 0 Å². The summed E-state index contributed by atoms with van der Waals surface area (Å²) < 4.78 is 0. The molecule has 1 aliphatic heterocycles. The van der Waals surface area contributed by atoms with Gasteiger partial charge in [-0.1, -0.05) is 12.8 Å². The maximum absolute atomic E-state index is 8.63. The van der Waals surface area contributed by atoms with E-state index in [-0.39, 0.29) is 0 Å². The van der Waals surface area contributed by atoms with Crippen molar-refractivity contribution >= 4 is 0 Å². The molecule has 1 N–H and O–H groups in total. The van der Waals surface area contributed by atoms with E-state index >= 15 is 0 Å². The molecule has 0 aromatic rings. The van der Waals surface area contributed by atoms with Gasteiger partial charge in [-0.3, -0.25) is 0 Å². The molecule has 2 nitrogen and oxygen atoms in total. The number of likely N-dealkylation sites (tertiary alicyclic amines) is 1. The number of hydrogen-bond donors (Lipinski definition) is 1. The first-order chi connectivity index (χ1) is 6.43. The highest BCUT2D eigenvalue weighted by Gasteiger charge is 2.07. The summed E-state index contributed by atoms with van der Waals surface area (Å²) in [6.07, 6.45) is 9.06. The highest BCUT2D eigenvalue weighted by atomic mass is 16.2. The summed E-state index contributed by atoms with van der Waals surface area (Å²) in [5.74, 6) is 0. The summed E-state index contributed by atoms with van der Waals surface area (Å²) in [6.45, 7) is 4.22. The average molecular weight is 185 g/mol. The lowest BCUT2D eigenvalue weighted by Crippen LogP contribution is -2.25. The van der Waals surface area contributed by atoms with Crippen molar-refractivity contribution in [1.82, 2.24) is 4.90 Å². The molecule has 78 valence electrons. The fourth-order valence-corrected chi connectivity index (χ4v) is 1.98. The van der Waals surface area contributed by atoms with Crippen molar-refractivity contribution in [2.24, 2.45) is 0 Å². The third kappa shape index (κ3) is 5.27. The lowest BCUT2D eigenvalue weighted by molar-refractivity contribution is 0.258. The van der Waals surface area contributed by atoms with Gasteiger partial charge in [0.15, 0.2) is 0 Å². The summed E-state index contributed by atoms with van der Waals surface area (Å²) in [4.78, 5) is 2.59. The molecule has 0 bridgehead atoms. The Hall–Kier alpha value is -0.0800. The Balaban J connectivity index is 1.98. The Morgan fingerprint density at radius 1 is 0.846 bits per heavy atom. The van der Waals surface area contributed by atoms with E-state index in [2.05, 4.69) is 4.90 Å². The highest BCUT2D eigenvalue weighted by Crippen LogP contribution is 2.10. The van der Waals surface area contributed by atoms with Crippen LogP contribution in [0, 0.1) is 0 Å². The molecular weight excluding hydrogens is 162 g/mol. The Labute approximate surface area is 81.9 Å². The van der Waals surface area contributed by atoms with E-state index in [1.807, 2.05) is 0 Å². The van der Waals surface area contributed by atoms with Crippen LogP contribution in [0.25, 0.3) is 0 Å². The predicted molar refractivity (Wildman–Crippen MR) is 55.8 cm³/mol. The van der Waals surface area contributed by atoms with Crippen molar-refractivity contribution in [2.75, 3.05) is 26.2 Å². The normalized spacial score (nSPS) is 20.1. The van der Waals surface area contributed by atoms with Crippen LogP contribution in [-0.4, -0.2) is 36.2 Å². The molecule has 1 saturated heterocycles. The molecule has 13 heavy (non-hydrogen) atoms. The zero-order valence-electron chi connectivity index (χ0n) is 8.67. The van der Waals surface area contributed by atoms with Gasteiger partial charge in [-0.2, -0.15) is 0 Å². The van der Waals surface area contributed by atoms with Crippen LogP contribution in [0.3, 0.4) is 0 Å². The molecule has 1 aliphatic rings. The Kier molecular flexibility index (Phi) is 6.21. The molecule has 2 heteroatoms. The van der Waals surface area contributed by atoms with Crippen molar-refractivity contribution < 1.29 is 5.11 Å². The zero-order valence-corrected chi connectivity index (χ0v) is 8.67. The molecule has 0 aromatic carbocycles. The number of aliphatic hydroxyl groups excluding tert-OH is 1. The van der Waals surface area contributed by atoms with Crippen LogP contribution in [0.4, 0.5) is 0 Å². The minimum atomic E-state index is 0.361. The van der Waals surface area contributed by atoms with E-state index in [1.165, 1.54) is 58.2 Å². The molecular formula is C11H23NO. The number of hydrogen-bond acceptors (Lipinski definition) is 2. The van der Waals surface area contributed by atoms with E-state index in [9.17, 15) is 0 Å². The van der Waals surface area contributed by atoms with Crippen LogP contribution in [0.1, 0.15) is 44.9 Å². The van der Waals surface area contributed by atoms with Crippen LogP contribution < -0.4 is 0 Å². The van der Waals surface area contributed by atoms with Crippen LogP contribution >= 0.6 is 0 Å². The van der Waals surface area contributed by atoms with Crippen LogP contribution in [0.15, 0.2) is 0 Å². The second-order valence-corrected chi connectivity index (χ2v) is 4.04. The number of unbranched alkanes of at least 4 members (excludes halogenated alkanes) is 2. The average Bonchev–Trinajstić information content (AvgIpc) is 2.41. The maximum Gasteiger partial charge on any atom is 0.0431 e. The Bertz CT molecular complexity index is 109. The van der Waals surface area contributed by atoms with E-state index in [0.717, 1.165) is 6.42 Å². The van der Waals surface area contributed by atoms with Crippen LogP contribution in [0.5, 0.6) is 0 Å². The van der Waals surface area contributed by atoms with Gasteiger partial charge in [-0.15, -0.1) is 0 Å². The molecule has 0 aliphatic carbocycles. The van der Waals surface area contributed by atoms with E-state index in [0.29, 0.717) is 6.61 Å². The smallest absolute Gasteiger partial charge is 0.0431 e. The summed E-state index contributed by atoms with van der Waals surface area (Å²) >= 11 is 0. The summed E-state index contributed by atoms with van der Waals surface area (Å²) in [5.41, 5.74) is 0. The van der Waals surface area contributed by atoms with Gasteiger partial charge in [0.1, 0.15) is 0 Å². The van der Waals surface area contributed by atoms with Crippen molar-refractivity contribution in [1.29, 1.82) is 0 Å². The highest BCUT2D eigenvalue weighted by molar-refractivity contribution is 4.63. The quantitative estimate of drug-likeness (QED) is 0.662. The first-order valence-electron chi connectivity index (χ1n) is 5.76. The molecule has 0 spiro atoms. The largest absolute Gasteiger partial charge is 0.396 e. The number of rotatable bonds is 5. The summed E-state index contributed by atoms with van der Waals surface area (Å²) in [6, 6.07) is 0. The molecule has 0 amide bonds. The van der Waals surface area contributed by atoms with E-state index < -0.39 is 0 Å². The van der Waals surface area contributed by atoms with E-state index in [4.69, 9.17) is 5.11 Å². The zero-order chi connectivity index (χ0) is 9.36. The molecule has 0 radical (unpaired) electrons. The minimum Gasteiger partial charge on any atom is -0.396 e. The predicted octanol–water partition coefficient (Wildman–Crippen LogP) is 2.02. The Morgan fingerprint density at radius 3 is 2.15 bits per heavy atom. The topological polar surface area (TPSA) is 23.5 Å². The van der Waals surface area contributed by atoms with Crippen molar-refractivity contribution in [3.8, 4) is 0 Å². The molecule has 0 unspecified atom stereocenters. The van der Waals surface area contributed by atoms with Gasteiger partial charge in [0, 0.05) is 6.61 Å². The SMILES string of the molecule is OCCCCCN1CCCCCC1. The maximum atomic E-state index is 8.63. The van der Waals surface area contributed by atoms with Gasteiger partial charge < -0.3 is 10.0 Å². The fraction of sp³-hybridized carbons (Fsp3) is 1.00. The van der Waals surface area contributed by atoms with Crippen molar-refractivity contribution in [3.05, 3.63) is 0 Å². The third-order valence-electron chi connectivity index (χ3n) is 2.83. The minimum absolute atomic E-state index is 0.361. The lowest BCUT2D eigenvalue weighted by Gasteiger charge is -2.19. The van der Waals surface area contributed by atoms with Crippen molar-refractivity contribution in [3.63, 3.8) is 0 Å². The molecule has 1 rings (SSSR count). The summed E-state index contributed by atoms with van der Waals surface area (Å²) in [5, 5.41) is 8.63. The van der Waals surface area contributed by atoms with Gasteiger partial charge in [-0.05, 0) is 51.7 Å². The van der Waals surface area contributed by atoms with Gasteiger partial charge in [0.2, 0.25) is 0 Å². The standard InChI is InChI=1S/C11H23NO/c13-11-7-3-6-10-12-8-4-1-2-5-9-12/h13H,1-11H2. The van der Waals surface area contributed by atoms with Gasteiger partial charge in [0.05, 0.1) is 0 Å².